The highest BCUT2D eigenvalue weighted by Gasteiger charge is 2.23. The van der Waals surface area contributed by atoms with Gasteiger partial charge in [-0.05, 0) is 12.1 Å². The second kappa shape index (κ2) is 8.02. The first kappa shape index (κ1) is 20.1. The molecule has 2 aromatic heterocycles. The summed E-state index contributed by atoms with van der Waals surface area (Å²) < 4.78 is 35.6. The number of halogens is 2. The van der Waals surface area contributed by atoms with Crippen molar-refractivity contribution < 1.29 is 13.5 Å². The van der Waals surface area contributed by atoms with Gasteiger partial charge in [0.05, 0.1) is 12.5 Å². The van der Waals surface area contributed by atoms with Crippen molar-refractivity contribution in [3.8, 4) is 29.6 Å². The van der Waals surface area contributed by atoms with Crippen molar-refractivity contribution in [2.45, 2.75) is 0 Å². The first-order valence-electron chi connectivity index (χ1n) is 10.2. The predicted octanol–water partition coefficient (Wildman–Crippen LogP) is 3.52. The molecule has 160 valence electrons. The van der Waals surface area contributed by atoms with E-state index in [-0.39, 0.29) is 17.2 Å². The molecule has 0 spiro atoms. The topological polar surface area (TPSA) is 63.2 Å². The number of fused-ring (bicyclic) bond motifs is 2. The minimum absolute atomic E-state index is 0.0391. The van der Waals surface area contributed by atoms with Crippen molar-refractivity contribution >= 4 is 27.5 Å². The number of hydrogen-bond acceptors (Lipinski definition) is 6. The van der Waals surface area contributed by atoms with E-state index in [0.717, 1.165) is 13.1 Å². The summed E-state index contributed by atoms with van der Waals surface area (Å²) in [5.74, 6) is 2.05. The number of nitrogens with zero attached hydrogens (tertiary/aromatic N) is 4. The molecular formula is C24H19F2N5O. The van der Waals surface area contributed by atoms with Gasteiger partial charge in [-0.2, -0.15) is 9.97 Å². The molecular weight excluding hydrogens is 412 g/mol. The molecule has 1 fully saturated rings. The zero-order valence-corrected chi connectivity index (χ0v) is 17.3. The molecule has 0 unspecified atom stereocenters. The van der Waals surface area contributed by atoms with Gasteiger partial charge in [-0.15, -0.1) is 6.42 Å². The first-order chi connectivity index (χ1) is 15.6. The van der Waals surface area contributed by atoms with E-state index in [2.05, 4.69) is 26.2 Å². The standard InChI is InChI=1S/C24H19F2N5O/c1-3-14-7-8-18(25)15-5-4-6-16(19(14)15)21-20(26)22-17(13-28-21)23(30-24(29-22)32-2)31-11-9-27-10-12-31/h1,4-8,13,27H,9-12H2,2H3. The van der Waals surface area contributed by atoms with Gasteiger partial charge in [0, 0.05) is 54.3 Å². The van der Waals surface area contributed by atoms with Gasteiger partial charge in [-0.1, -0.05) is 24.1 Å². The van der Waals surface area contributed by atoms with Crippen molar-refractivity contribution in [2.24, 2.45) is 0 Å². The number of ether oxygens (including phenoxy) is 1. The van der Waals surface area contributed by atoms with Crippen LogP contribution in [0.5, 0.6) is 6.01 Å². The molecule has 3 heterocycles. The van der Waals surface area contributed by atoms with Crippen LogP contribution in [0.1, 0.15) is 5.56 Å². The lowest BCUT2D eigenvalue weighted by molar-refractivity contribution is 0.381. The van der Waals surface area contributed by atoms with Crippen LogP contribution in [-0.4, -0.2) is 48.2 Å². The van der Waals surface area contributed by atoms with E-state index in [1.54, 1.807) is 24.4 Å². The number of aromatic nitrogens is 3. The second-order valence-electron chi connectivity index (χ2n) is 7.42. The molecule has 1 saturated heterocycles. The largest absolute Gasteiger partial charge is 0.467 e. The molecule has 0 bridgehead atoms. The zero-order valence-electron chi connectivity index (χ0n) is 17.3. The molecule has 1 N–H and O–H groups in total. The summed E-state index contributed by atoms with van der Waals surface area (Å²) in [5, 5.41) is 4.51. The Kier molecular flexibility index (Phi) is 5.04. The van der Waals surface area contributed by atoms with Crippen LogP contribution in [0.4, 0.5) is 14.6 Å². The summed E-state index contributed by atoms with van der Waals surface area (Å²) >= 11 is 0. The molecule has 4 aromatic rings. The minimum atomic E-state index is -0.640. The molecule has 1 aliphatic rings. The van der Waals surface area contributed by atoms with Gasteiger partial charge in [-0.3, -0.25) is 4.98 Å². The van der Waals surface area contributed by atoms with Crippen LogP contribution in [0.25, 0.3) is 32.9 Å². The van der Waals surface area contributed by atoms with Gasteiger partial charge in [0.15, 0.2) is 5.82 Å². The number of rotatable bonds is 3. The smallest absolute Gasteiger partial charge is 0.318 e. The Hall–Kier alpha value is -3.83. The van der Waals surface area contributed by atoms with Gasteiger partial charge >= 0.3 is 6.01 Å². The summed E-state index contributed by atoms with van der Waals surface area (Å²) in [4.78, 5) is 15.2. The molecule has 2 aromatic carbocycles. The van der Waals surface area contributed by atoms with Crippen molar-refractivity contribution in [1.82, 2.24) is 20.3 Å². The molecule has 5 rings (SSSR count). The first-order valence-corrected chi connectivity index (χ1v) is 10.2. The Labute approximate surface area is 183 Å². The summed E-state index contributed by atoms with van der Waals surface area (Å²) in [5.41, 5.74) is 0.985. The molecule has 0 atom stereocenters. The molecule has 8 heteroatoms. The molecule has 32 heavy (non-hydrogen) atoms. The fraction of sp³-hybridized carbons (Fsp3) is 0.208. The Morgan fingerprint density at radius 2 is 1.91 bits per heavy atom. The summed E-state index contributed by atoms with van der Waals surface area (Å²) in [6, 6.07) is 7.82. The van der Waals surface area contributed by atoms with Gasteiger partial charge in [-0.25, -0.2) is 8.78 Å². The van der Waals surface area contributed by atoms with Crippen molar-refractivity contribution in [3.63, 3.8) is 0 Å². The number of piperazine rings is 1. The molecule has 0 amide bonds. The third-order valence-electron chi connectivity index (χ3n) is 5.64. The van der Waals surface area contributed by atoms with E-state index in [1.807, 2.05) is 4.90 Å². The lowest BCUT2D eigenvalue weighted by atomic mass is 9.96. The van der Waals surface area contributed by atoms with E-state index in [0.29, 0.717) is 46.2 Å². The summed E-state index contributed by atoms with van der Waals surface area (Å²) in [6.07, 6.45) is 7.20. The van der Waals surface area contributed by atoms with E-state index in [9.17, 15) is 4.39 Å². The highest BCUT2D eigenvalue weighted by molar-refractivity contribution is 6.02. The number of hydrogen-bond donors (Lipinski definition) is 1. The number of nitrogens with one attached hydrogen (secondary N) is 1. The van der Waals surface area contributed by atoms with E-state index in [4.69, 9.17) is 11.2 Å². The van der Waals surface area contributed by atoms with Crippen molar-refractivity contribution in [2.75, 3.05) is 38.2 Å². The number of anilines is 1. The monoisotopic (exact) mass is 431 g/mol. The average molecular weight is 431 g/mol. The molecule has 6 nitrogen and oxygen atoms in total. The van der Waals surface area contributed by atoms with Crippen LogP contribution in [0.2, 0.25) is 0 Å². The minimum Gasteiger partial charge on any atom is -0.467 e. The normalized spacial score (nSPS) is 14.0. The van der Waals surface area contributed by atoms with Crippen molar-refractivity contribution in [1.29, 1.82) is 0 Å². The van der Waals surface area contributed by atoms with Gasteiger partial charge < -0.3 is 15.0 Å². The van der Waals surface area contributed by atoms with Crippen LogP contribution in [0.3, 0.4) is 0 Å². The van der Waals surface area contributed by atoms with Gasteiger partial charge in [0.2, 0.25) is 0 Å². The van der Waals surface area contributed by atoms with Gasteiger partial charge in [0.25, 0.3) is 0 Å². The fourth-order valence-corrected chi connectivity index (χ4v) is 4.11. The maximum absolute atomic E-state index is 15.9. The number of pyridine rings is 1. The molecule has 0 radical (unpaired) electrons. The maximum atomic E-state index is 15.9. The third kappa shape index (κ3) is 3.18. The predicted molar refractivity (Wildman–Crippen MR) is 120 cm³/mol. The Balaban J connectivity index is 1.78. The SMILES string of the molecule is C#Cc1ccc(F)c2cccc(-c3ncc4c(N5CCNCC5)nc(OC)nc4c3F)c12. The second-order valence-corrected chi connectivity index (χ2v) is 7.42. The Bertz CT molecular complexity index is 1390. The summed E-state index contributed by atoms with van der Waals surface area (Å²) in [6.45, 7) is 3.01. The summed E-state index contributed by atoms with van der Waals surface area (Å²) in [7, 11) is 1.44. The van der Waals surface area contributed by atoms with Crippen LogP contribution in [-0.2, 0) is 0 Å². The van der Waals surface area contributed by atoms with Crippen LogP contribution in [0, 0.1) is 24.0 Å². The lowest BCUT2D eigenvalue weighted by Crippen LogP contribution is -2.44. The third-order valence-corrected chi connectivity index (χ3v) is 5.64. The van der Waals surface area contributed by atoms with E-state index >= 15 is 4.39 Å². The number of terminal acetylenes is 1. The molecule has 0 saturated carbocycles. The Morgan fingerprint density at radius 1 is 1.09 bits per heavy atom. The van der Waals surface area contributed by atoms with E-state index < -0.39 is 11.6 Å². The zero-order chi connectivity index (χ0) is 22.2. The highest BCUT2D eigenvalue weighted by atomic mass is 19.1. The highest BCUT2D eigenvalue weighted by Crippen LogP contribution is 2.36. The maximum Gasteiger partial charge on any atom is 0.318 e. The number of methoxy groups -OCH3 is 1. The van der Waals surface area contributed by atoms with E-state index in [1.165, 1.54) is 19.2 Å². The molecule has 0 aliphatic carbocycles. The van der Waals surface area contributed by atoms with Crippen molar-refractivity contribution in [3.05, 3.63) is 53.7 Å². The Morgan fingerprint density at radius 3 is 2.66 bits per heavy atom. The average Bonchev–Trinajstić information content (AvgIpc) is 2.84. The quantitative estimate of drug-likeness (QED) is 0.501. The lowest BCUT2D eigenvalue weighted by Gasteiger charge is -2.29. The van der Waals surface area contributed by atoms with Crippen LogP contribution in [0.15, 0.2) is 36.5 Å². The van der Waals surface area contributed by atoms with Crippen LogP contribution >= 0.6 is 0 Å². The van der Waals surface area contributed by atoms with Crippen LogP contribution < -0.4 is 15.0 Å². The molecule has 1 aliphatic heterocycles. The fourth-order valence-electron chi connectivity index (χ4n) is 4.11. The number of benzene rings is 2. The van der Waals surface area contributed by atoms with Gasteiger partial charge in [0.1, 0.15) is 22.8 Å².